The highest BCUT2D eigenvalue weighted by Crippen LogP contribution is 2.28. The molecule has 1 atom stereocenters. The van der Waals surface area contributed by atoms with E-state index in [1.54, 1.807) is 4.90 Å². The van der Waals surface area contributed by atoms with Crippen LogP contribution in [0.15, 0.2) is 48.5 Å². The summed E-state index contributed by atoms with van der Waals surface area (Å²) in [5.41, 5.74) is 2.62. The topological polar surface area (TPSA) is 73.3 Å². The average Bonchev–Trinajstić information content (AvgIpc) is 3.02. The third-order valence-corrected chi connectivity index (χ3v) is 6.14. The number of carboxylic acid groups (broad SMARTS) is 1. The summed E-state index contributed by atoms with van der Waals surface area (Å²) in [6.07, 6.45) is 0.247. The van der Waals surface area contributed by atoms with Crippen molar-refractivity contribution in [3.63, 3.8) is 0 Å². The fraction of sp³-hybridized carbons (Fsp3) is 0.348. The molecule has 32 heavy (non-hydrogen) atoms. The molecule has 0 saturated carbocycles. The van der Waals surface area contributed by atoms with Crippen molar-refractivity contribution in [3.05, 3.63) is 59.9 Å². The Morgan fingerprint density at radius 2 is 1.69 bits per heavy atom. The Balaban J connectivity index is 1.47. The molecule has 2 aliphatic heterocycles. The van der Waals surface area contributed by atoms with Crippen molar-refractivity contribution in [2.45, 2.75) is 18.9 Å². The van der Waals surface area contributed by atoms with E-state index in [0.29, 0.717) is 18.7 Å². The monoisotopic (exact) mass is 457 g/mol. The normalized spacial score (nSPS) is 19.0. The number of ether oxygens (including phenoxy) is 1. The number of morpholine rings is 1. The van der Waals surface area contributed by atoms with Crippen LogP contribution in [0.5, 0.6) is 0 Å². The zero-order valence-electron chi connectivity index (χ0n) is 17.4. The number of aliphatic carboxylic acids is 1. The standard InChI is InChI=1S/C23H24FN3O4S/c24-17-3-7-19(8-4-17)27-22(30)20(15-21(28)29)26(23(27)32)10-9-16-1-5-18(6-2-16)25-11-13-31-14-12-25/h1-8,20H,9-15H2,(H,28,29). The third-order valence-electron chi connectivity index (χ3n) is 5.73. The summed E-state index contributed by atoms with van der Waals surface area (Å²) in [7, 11) is 0. The van der Waals surface area contributed by atoms with Crippen molar-refractivity contribution in [2.24, 2.45) is 0 Å². The smallest absolute Gasteiger partial charge is 0.305 e. The number of anilines is 2. The van der Waals surface area contributed by atoms with Gasteiger partial charge in [0.2, 0.25) is 0 Å². The maximum atomic E-state index is 13.3. The molecular formula is C23H24FN3O4S. The molecule has 1 N–H and O–H groups in total. The van der Waals surface area contributed by atoms with Gasteiger partial charge in [-0.05, 0) is 60.6 Å². The van der Waals surface area contributed by atoms with Gasteiger partial charge in [-0.15, -0.1) is 0 Å². The first-order valence-electron chi connectivity index (χ1n) is 10.5. The predicted octanol–water partition coefficient (Wildman–Crippen LogP) is 2.68. The van der Waals surface area contributed by atoms with Crippen LogP contribution in [-0.2, 0) is 20.7 Å². The summed E-state index contributed by atoms with van der Waals surface area (Å²) in [6.45, 7) is 3.56. The van der Waals surface area contributed by atoms with Crippen LogP contribution in [0.25, 0.3) is 0 Å². The fourth-order valence-electron chi connectivity index (χ4n) is 4.03. The lowest BCUT2D eigenvalue weighted by molar-refractivity contribution is -0.139. The van der Waals surface area contributed by atoms with Crippen molar-refractivity contribution in [2.75, 3.05) is 42.6 Å². The van der Waals surface area contributed by atoms with Crippen molar-refractivity contribution < 1.29 is 23.8 Å². The van der Waals surface area contributed by atoms with Gasteiger partial charge in [0.25, 0.3) is 5.91 Å². The number of benzene rings is 2. The Morgan fingerprint density at radius 1 is 1.06 bits per heavy atom. The third kappa shape index (κ3) is 4.73. The zero-order valence-corrected chi connectivity index (χ0v) is 18.3. The van der Waals surface area contributed by atoms with Crippen LogP contribution in [0, 0.1) is 5.82 Å². The molecule has 0 radical (unpaired) electrons. The number of carbonyl (C=O) groups is 2. The summed E-state index contributed by atoms with van der Waals surface area (Å²) in [4.78, 5) is 29.6. The van der Waals surface area contributed by atoms with Crippen LogP contribution in [0.3, 0.4) is 0 Å². The number of thiocarbonyl (C=S) groups is 1. The van der Waals surface area contributed by atoms with Gasteiger partial charge in [0.1, 0.15) is 11.9 Å². The van der Waals surface area contributed by atoms with E-state index in [1.807, 2.05) is 12.1 Å². The molecule has 9 heteroatoms. The van der Waals surface area contributed by atoms with E-state index in [0.717, 1.165) is 37.6 Å². The van der Waals surface area contributed by atoms with Crippen LogP contribution in [0.2, 0.25) is 0 Å². The molecule has 168 valence electrons. The van der Waals surface area contributed by atoms with Crippen molar-refractivity contribution in [1.82, 2.24) is 4.90 Å². The molecule has 2 aliphatic rings. The van der Waals surface area contributed by atoms with Gasteiger partial charge >= 0.3 is 5.97 Å². The maximum absolute atomic E-state index is 13.3. The molecule has 2 fully saturated rings. The fourth-order valence-corrected chi connectivity index (χ4v) is 4.44. The second-order valence-corrected chi connectivity index (χ2v) is 8.12. The highest BCUT2D eigenvalue weighted by Gasteiger charge is 2.43. The summed E-state index contributed by atoms with van der Waals surface area (Å²) < 4.78 is 18.7. The highest BCUT2D eigenvalue weighted by atomic mass is 32.1. The van der Waals surface area contributed by atoms with Gasteiger partial charge in [-0.1, -0.05) is 12.1 Å². The number of nitrogens with zero attached hydrogens (tertiary/aromatic N) is 3. The van der Waals surface area contributed by atoms with E-state index < -0.39 is 23.7 Å². The molecule has 0 aliphatic carbocycles. The minimum absolute atomic E-state index is 0.234. The summed E-state index contributed by atoms with van der Waals surface area (Å²) in [5.74, 6) is -1.91. The van der Waals surface area contributed by atoms with Crippen LogP contribution in [-0.4, -0.2) is 65.9 Å². The zero-order chi connectivity index (χ0) is 22.7. The predicted molar refractivity (Wildman–Crippen MR) is 122 cm³/mol. The lowest BCUT2D eigenvalue weighted by Crippen LogP contribution is -2.38. The van der Waals surface area contributed by atoms with E-state index in [-0.39, 0.29) is 11.5 Å². The second kappa shape index (κ2) is 9.62. The van der Waals surface area contributed by atoms with E-state index in [2.05, 4.69) is 17.0 Å². The lowest BCUT2D eigenvalue weighted by Gasteiger charge is -2.29. The first kappa shape index (κ1) is 22.2. The van der Waals surface area contributed by atoms with Crippen molar-refractivity contribution in [1.29, 1.82) is 0 Å². The van der Waals surface area contributed by atoms with E-state index in [9.17, 15) is 19.1 Å². The number of amides is 1. The average molecular weight is 458 g/mol. The Morgan fingerprint density at radius 3 is 2.31 bits per heavy atom. The number of carboxylic acids is 1. The molecule has 0 spiro atoms. The van der Waals surface area contributed by atoms with Crippen LogP contribution >= 0.6 is 12.2 Å². The lowest BCUT2D eigenvalue weighted by atomic mass is 10.1. The molecule has 2 saturated heterocycles. The minimum Gasteiger partial charge on any atom is -0.481 e. The Hall–Kier alpha value is -3.04. The number of hydrogen-bond acceptors (Lipinski definition) is 5. The van der Waals surface area contributed by atoms with Gasteiger partial charge in [-0.3, -0.25) is 14.5 Å². The molecule has 1 unspecified atom stereocenters. The molecule has 2 heterocycles. The molecule has 7 nitrogen and oxygen atoms in total. The first-order chi connectivity index (χ1) is 15.4. The molecule has 1 amide bonds. The molecule has 0 aromatic heterocycles. The largest absolute Gasteiger partial charge is 0.481 e. The Kier molecular flexibility index (Phi) is 6.66. The van der Waals surface area contributed by atoms with Gasteiger partial charge < -0.3 is 19.6 Å². The Bertz CT molecular complexity index is 993. The quantitative estimate of drug-likeness (QED) is 0.641. The molecular weight excluding hydrogens is 433 g/mol. The second-order valence-electron chi connectivity index (χ2n) is 7.76. The van der Waals surface area contributed by atoms with Crippen LogP contribution in [0.1, 0.15) is 12.0 Å². The Labute approximate surface area is 191 Å². The molecule has 2 aromatic carbocycles. The van der Waals surface area contributed by atoms with Crippen molar-refractivity contribution >= 4 is 40.6 Å². The number of carbonyl (C=O) groups excluding carboxylic acids is 1. The van der Waals surface area contributed by atoms with Gasteiger partial charge in [0.15, 0.2) is 5.11 Å². The van der Waals surface area contributed by atoms with E-state index >= 15 is 0 Å². The van der Waals surface area contributed by atoms with Gasteiger partial charge in [0.05, 0.1) is 25.3 Å². The number of rotatable bonds is 7. The number of hydrogen-bond donors (Lipinski definition) is 1. The van der Waals surface area contributed by atoms with Crippen LogP contribution < -0.4 is 9.80 Å². The van der Waals surface area contributed by atoms with Crippen LogP contribution in [0.4, 0.5) is 15.8 Å². The van der Waals surface area contributed by atoms with Gasteiger partial charge in [-0.2, -0.15) is 0 Å². The summed E-state index contributed by atoms with van der Waals surface area (Å²) >= 11 is 5.53. The van der Waals surface area contributed by atoms with Gasteiger partial charge in [0, 0.05) is 25.3 Å². The van der Waals surface area contributed by atoms with E-state index in [4.69, 9.17) is 17.0 Å². The van der Waals surface area contributed by atoms with E-state index in [1.165, 1.54) is 29.2 Å². The molecule has 0 bridgehead atoms. The maximum Gasteiger partial charge on any atom is 0.305 e. The molecule has 4 rings (SSSR count). The molecule has 2 aromatic rings. The minimum atomic E-state index is -1.08. The van der Waals surface area contributed by atoms with Crippen molar-refractivity contribution in [3.8, 4) is 0 Å². The summed E-state index contributed by atoms with van der Waals surface area (Å²) in [5, 5.41) is 9.56. The highest BCUT2D eigenvalue weighted by molar-refractivity contribution is 7.80. The number of halogens is 1. The summed E-state index contributed by atoms with van der Waals surface area (Å²) in [6, 6.07) is 12.7. The SMILES string of the molecule is O=C(O)CC1C(=O)N(c2ccc(F)cc2)C(=S)N1CCc1ccc(N2CCOCC2)cc1. The van der Waals surface area contributed by atoms with Gasteiger partial charge in [-0.25, -0.2) is 4.39 Å². The first-order valence-corrected chi connectivity index (χ1v) is 10.9.